The molecule has 4 nitrogen and oxygen atoms in total. The Labute approximate surface area is 119 Å². The van der Waals surface area contributed by atoms with E-state index in [9.17, 15) is 4.79 Å². The molecule has 5 heteroatoms. The first-order valence-corrected chi connectivity index (χ1v) is 6.87. The first-order chi connectivity index (χ1) is 9.02. The van der Waals surface area contributed by atoms with Crippen molar-refractivity contribution in [1.29, 1.82) is 0 Å². The normalized spacial score (nSPS) is 12.2. The number of nitrogen functional groups attached to an aromatic ring is 1. The molecule has 0 aliphatic carbocycles. The quantitative estimate of drug-likeness (QED) is 0.754. The molecule has 1 aromatic rings. The molecule has 0 aliphatic rings. The zero-order valence-electron chi connectivity index (χ0n) is 11.4. The average Bonchev–Trinajstić information content (AvgIpc) is 2.34. The monoisotopic (exact) mass is 284 g/mol. The lowest BCUT2D eigenvalue weighted by molar-refractivity contribution is -0.117. The van der Waals surface area contributed by atoms with Crippen LogP contribution in [0.3, 0.4) is 0 Å². The molecule has 0 radical (unpaired) electrons. The highest BCUT2D eigenvalue weighted by molar-refractivity contribution is 6.33. The second-order valence-electron chi connectivity index (χ2n) is 4.50. The maximum absolute atomic E-state index is 11.7. The van der Waals surface area contributed by atoms with Crippen LogP contribution < -0.4 is 11.1 Å². The summed E-state index contributed by atoms with van der Waals surface area (Å²) in [7, 11) is 0. The van der Waals surface area contributed by atoms with Crippen molar-refractivity contribution in [1.82, 2.24) is 0 Å². The van der Waals surface area contributed by atoms with Crippen molar-refractivity contribution in [3.8, 4) is 0 Å². The van der Waals surface area contributed by atoms with Crippen LogP contribution in [-0.4, -0.2) is 18.6 Å². The molecule has 3 N–H and O–H groups in total. The number of amides is 1. The number of hydrogen-bond acceptors (Lipinski definition) is 3. The van der Waals surface area contributed by atoms with E-state index in [2.05, 4.69) is 12.2 Å². The van der Waals surface area contributed by atoms with Crippen molar-refractivity contribution in [3.63, 3.8) is 0 Å². The zero-order valence-corrected chi connectivity index (χ0v) is 12.2. The fourth-order valence-corrected chi connectivity index (χ4v) is 1.81. The number of carbonyl (C=O) groups is 1. The van der Waals surface area contributed by atoms with Crippen LogP contribution in [0.15, 0.2) is 18.2 Å². The lowest BCUT2D eigenvalue weighted by Gasteiger charge is -2.12. The van der Waals surface area contributed by atoms with Crippen LogP contribution in [0.2, 0.25) is 5.02 Å². The summed E-state index contributed by atoms with van der Waals surface area (Å²) in [5.74, 6) is -0.0922. The predicted octanol–water partition coefficient (Wildman–Crippen LogP) is 3.46. The van der Waals surface area contributed by atoms with Crippen molar-refractivity contribution < 1.29 is 9.53 Å². The minimum absolute atomic E-state index is 0.0922. The van der Waals surface area contributed by atoms with Crippen molar-refractivity contribution in [2.45, 2.75) is 39.2 Å². The van der Waals surface area contributed by atoms with E-state index in [0.29, 0.717) is 29.4 Å². The molecule has 1 unspecified atom stereocenters. The van der Waals surface area contributed by atoms with Gasteiger partial charge in [0.2, 0.25) is 5.91 Å². The number of rotatable bonds is 7. The van der Waals surface area contributed by atoms with Gasteiger partial charge in [-0.25, -0.2) is 0 Å². The van der Waals surface area contributed by atoms with Gasteiger partial charge in [-0.3, -0.25) is 4.79 Å². The molecular formula is C14H21ClN2O2. The van der Waals surface area contributed by atoms with E-state index in [1.165, 1.54) is 0 Å². The third kappa shape index (κ3) is 5.94. The van der Waals surface area contributed by atoms with Gasteiger partial charge in [-0.15, -0.1) is 0 Å². The summed E-state index contributed by atoms with van der Waals surface area (Å²) in [6.07, 6.45) is 2.62. The summed E-state index contributed by atoms with van der Waals surface area (Å²) in [4.78, 5) is 11.7. The largest absolute Gasteiger partial charge is 0.397 e. The molecule has 1 rings (SSSR count). The zero-order chi connectivity index (χ0) is 14.3. The molecule has 0 aromatic heterocycles. The summed E-state index contributed by atoms with van der Waals surface area (Å²) in [5, 5.41) is 3.24. The highest BCUT2D eigenvalue weighted by atomic mass is 35.5. The molecule has 106 valence electrons. The van der Waals surface area contributed by atoms with Crippen LogP contribution in [0.1, 0.15) is 33.1 Å². The molecule has 19 heavy (non-hydrogen) atoms. The first kappa shape index (κ1) is 15.8. The second-order valence-corrected chi connectivity index (χ2v) is 4.91. The van der Waals surface area contributed by atoms with E-state index in [1.807, 2.05) is 6.92 Å². The molecular weight excluding hydrogens is 264 g/mol. The Hall–Kier alpha value is -1.26. The minimum Gasteiger partial charge on any atom is -0.397 e. The summed E-state index contributed by atoms with van der Waals surface area (Å²) in [6, 6.07) is 5.02. The lowest BCUT2D eigenvalue weighted by Crippen LogP contribution is -2.17. The molecule has 1 atom stereocenters. The SMILES string of the molecule is CCCC(C)OCCC(=O)Nc1ccc(Cl)c(N)c1. The van der Waals surface area contributed by atoms with Gasteiger partial charge < -0.3 is 15.8 Å². The van der Waals surface area contributed by atoms with Crippen LogP contribution in [0.5, 0.6) is 0 Å². The average molecular weight is 285 g/mol. The van der Waals surface area contributed by atoms with Gasteiger partial charge in [0.25, 0.3) is 0 Å². The Balaban J connectivity index is 2.33. The molecule has 0 aliphatic heterocycles. The first-order valence-electron chi connectivity index (χ1n) is 6.49. The highest BCUT2D eigenvalue weighted by Gasteiger charge is 2.06. The molecule has 0 saturated heterocycles. The fraction of sp³-hybridized carbons (Fsp3) is 0.500. The van der Waals surface area contributed by atoms with Crippen LogP contribution >= 0.6 is 11.6 Å². The molecule has 1 aromatic carbocycles. The van der Waals surface area contributed by atoms with Gasteiger partial charge in [0.15, 0.2) is 0 Å². The topological polar surface area (TPSA) is 64.3 Å². The number of benzene rings is 1. The molecule has 0 fully saturated rings. The van der Waals surface area contributed by atoms with Crippen molar-refractivity contribution in [3.05, 3.63) is 23.2 Å². The van der Waals surface area contributed by atoms with Crippen LogP contribution in [0, 0.1) is 0 Å². The van der Waals surface area contributed by atoms with Gasteiger partial charge in [0, 0.05) is 5.69 Å². The maximum atomic E-state index is 11.7. The van der Waals surface area contributed by atoms with Gasteiger partial charge in [0.05, 0.1) is 29.8 Å². The van der Waals surface area contributed by atoms with Gasteiger partial charge >= 0.3 is 0 Å². The number of hydrogen-bond donors (Lipinski definition) is 2. The third-order valence-electron chi connectivity index (χ3n) is 2.71. The van der Waals surface area contributed by atoms with E-state index in [-0.39, 0.29) is 12.0 Å². The Morgan fingerprint density at radius 1 is 1.53 bits per heavy atom. The van der Waals surface area contributed by atoms with Gasteiger partial charge in [-0.1, -0.05) is 24.9 Å². The van der Waals surface area contributed by atoms with Crippen LogP contribution in [0.25, 0.3) is 0 Å². The van der Waals surface area contributed by atoms with Gasteiger partial charge in [0.1, 0.15) is 0 Å². The summed E-state index contributed by atoms with van der Waals surface area (Å²) >= 11 is 5.81. The molecule has 0 saturated carbocycles. The Morgan fingerprint density at radius 2 is 2.26 bits per heavy atom. The predicted molar refractivity (Wildman–Crippen MR) is 79.4 cm³/mol. The number of halogens is 1. The van der Waals surface area contributed by atoms with Crippen molar-refractivity contribution in [2.75, 3.05) is 17.7 Å². The fourth-order valence-electron chi connectivity index (χ4n) is 1.69. The lowest BCUT2D eigenvalue weighted by atomic mass is 10.2. The summed E-state index contributed by atoms with van der Waals surface area (Å²) in [5.41, 5.74) is 6.76. The third-order valence-corrected chi connectivity index (χ3v) is 3.05. The maximum Gasteiger partial charge on any atom is 0.226 e. The van der Waals surface area contributed by atoms with E-state index in [1.54, 1.807) is 18.2 Å². The molecule has 0 heterocycles. The Bertz CT molecular complexity index is 424. The number of nitrogens with one attached hydrogen (secondary N) is 1. The second kappa shape index (κ2) is 8.02. The molecule has 0 spiro atoms. The number of ether oxygens (including phenoxy) is 1. The number of nitrogens with two attached hydrogens (primary N) is 1. The standard InChI is InChI=1S/C14H21ClN2O2/c1-3-4-10(2)19-8-7-14(18)17-11-5-6-12(15)13(16)9-11/h5-6,9-10H,3-4,7-8,16H2,1-2H3,(H,17,18). The summed E-state index contributed by atoms with van der Waals surface area (Å²) in [6.45, 7) is 4.55. The molecule has 1 amide bonds. The van der Waals surface area contributed by atoms with E-state index < -0.39 is 0 Å². The van der Waals surface area contributed by atoms with Crippen LogP contribution in [-0.2, 0) is 9.53 Å². The summed E-state index contributed by atoms with van der Waals surface area (Å²) < 4.78 is 5.53. The van der Waals surface area contributed by atoms with E-state index in [0.717, 1.165) is 12.8 Å². The van der Waals surface area contributed by atoms with E-state index in [4.69, 9.17) is 22.1 Å². The Morgan fingerprint density at radius 3 is 2.89 bits per heavy atom. The van der Waals surface area contributed by atoms with Crippen molar-refractivity contribution >= 4 is 28.9 Å². The van der Waals surface area contributed by atoms with E-state index >= 15 is 0 Å². The Kier molecular flexibility index (Phi) is 6.67. The number of anilines is 2. The minimum atomic E-state index is -0.0922. The smallest absolute Gasteiger partial charge is 0.226 e. The number of carbonyl (C=O) groups excluding carboxylic acids is 1. The van der Waals surface area contributed by atoms with Gasteiger partial charge in [-0.05, 0) is 31.5 Å². The van der Waals surface area contributed by atoms with Gasteiger partial charge in [-0.2, -0.15) is 0 Å². The van der Waals surface area contributed by atoms with Crippen molar-refractivity contribution in [2.24, 2.45) is 0 Å². The molecule has 0 bridgehead atoms. The highest BCUT2D eigenvalue weighted by Crippen LogP contribution is 2.22. The van der Waals surface area contributed by atoms with Crippen LogP contribution in [0.4, 0.5) is 11.4 Å².